The van der Waals surface area contributed by atoms with Gasteiger partial charge in [-0.3, -0.25) is 0 Å². The van der Waals surface area contributed by atoms with Gasteiger partial charge in [0.1, 0.15) is 12.4 Å². The molecule has 0 saturated carbocycles. The molecule has 0 spiro atoms. The third-order valence-corrected chi connectivity index (χ3v) is 1.97. The van der Waals surface area contributed by atoms with Gasteiger partial charge in [-0.25, -0.2) is 9.13 Å². The quantitative estimate of drug-likeness (QED) is 0.586. The fourth-order valence-electron chi connectivity index (χ4n) is 0.831. The lowest BCUT2D eigenvalue weighted by molar-refractivity contribution is -0.671. The number of imidazole rings is 1. The molecule has 0 aliphatic carbocycles. The molecule has 1 aromatic rings. The van der Waals surface area contributed by atoms with Gasteiger partial charge in [0, 0.05) is 5.75 Å². The van der Waals surface area contributed by atoms with Gasteiger partial charge >= 0.3 is 0 Å². The van der Waals surface area contributed by atoms with Crippen LogP contribution in [0.3, 0.4) is 0 Å². The van der Waals surface area contributed by atoms with Crippen LogP contribution in [0.15, 0.2) is 18.7 Å². The molecule has 1 aromatic heterocycles. The smallest absolute Gasteiger partial charge is 0.240 e. The molecule has 0 unspecified atom stereocenters. The van der Waals surface area contributed by atoms with Crippen LogP contribution in [-0.4, -0.2) is 16.6 Å². The lowest BCUT2D eigenvalue weighted by Crippen LogP contribution is -2.23. The minimum atomic E-state index is 1.11. The second kappa shape index (κ2) is 3.66. The van der Waals surface area contributed by atoms with Crippen molar-refractivity contribution < 1.29 is 4.57 Å². The van der Waals surface area contributed by atoms with Crippen molar-refractivity contribution in [2.75, 3.05) is 12.0 Å². The van der Waals surface area contributed by atoms with E-state index in [9.17, 15) is 0 Å². The minimum absolute atomic E-state index is 1.11. The Morgan fingerprint density at radius 3 is 2.90 bits per heavy atom. The molecule has 1 rings (SSSR count). The number of hydrogen-bond acceptors (Lipinski definition) is 1. The second-order valence-electron chi connectivity index (χ2n) is 2.31. The average molecular weight is 157 g/mol. The summed E-state index contributed by atoms with van der Waals surface area (Å²) in [5, 5.41) is 0. The maximum absolute atomic E-state index is 2.19. The van der Waals surface area contributed by atoms with Crippen LogP contribution in [0.5, 0.6) is 0 Å². The zero-order valence-electron chi connectivity index (χ0n) is 6.45. The van der Waals surface area contributed by atoms with E-state index in [-0.39, 0.29) is 0 Å². The molecule has 2 nitrogen and oxygen atoms in total. The number of nitrogens with zero attached hydrogens (tertiary/aromatic N) is 2. The summed E-state index contributed by atoms with van der Waals surface area (Å²) in [6.45, 7) is 1.11. The van der Waals surface area contributed by atoms with E-state index in [1.54, 1.807) is 0 Å². The van der Waals surface area contributed by atoms with Gasteiger partial charge < -0.3 is 0 Å². The van der Waals surface area contributed by atoms with Crippen molar-refractivity contribution in [2.45, 2.75) is 6.54 Å². The standard InChI is InChI=1S/C7H13N2S/c1-8-3-4-9(7-8)5-6-10-2/h3-4,7H,5-6H2,1-2H3/q+1. The summed E-state index contributed by atoms with van der Waals surface area (Å²) in [4.78, 5) is 0. The summed E-state index contributed by atoms with van der Waals surface area (Å²) < 4.78 is 4.25. The van der Waals surface area contributed by atoms with Gasteiger partial charge in [-0.05, 0) is 6.26 Å². The highest BCUT2D eigenvalue weighted by molar-refractivity contribution is 7.98. The highest BCUT2D eigenvalue weighted by Crippen LogP contribution is 1.93. The molecule has 0 amide bonds. The van der Waals surface area contributed by atoms with Crippen LogP contribution in [-0.2, 0) is 13.6 Å². The predicted molar refractivity (Wildman–Crippen MR) is 44.0 cm³/mol. The molecule has 0 aromatic carbocycles. The van der Waals surface area contributed by atoms with Crippen LogP contribution >= 0.6 is 11.8 Å². The van der Waals surface area contributed by atoms with Crippen molar-refractivity contribution in [1.82, 2.24) is 4.57 Å². The summed E-state index contributed by atoms with van der Waals surface area (Å²) in [5.74, 6) is 1.19. The summed E-state index contributed by atoms with van der Waals surface area (Å²) in [6, 6.07) is 0. The van der Waals surface area contributed by atoms with Crippen LogP contribution in [0.25, 0.3) is 0 Å². The average Bonchev–Trinajstić information content (AvgIpc) is 2.31. The number of hydrogen-bond donors (Lipinski definition) is 0. The number of aryl methyl sites for hydroxylation is 2. The number of aromatic nitrogens is 2. The van der Waals surface area contributed by atoms with Gasteiger partial charge in [-0.1, -0.05) is 0 Å². The van der Waals surface area contributed by atoms with Crippen LogP contribution in [0.2, 0.25) is 0 Å². The fraction of sp³-hybridized carbons (Fsp3) is 0.571. The molecule has 0 aliphatic heterocycles. The van der Waals surface area contributed by atoms with Gasteiger partial charge in [0.15, 0.2) is 0 Å². The molecule has 0 bridgehead atoms. The van der Waals surface area contributed by atoms with E-state index in [1.807, 2.05) is 18.8 Å². The zero-order valence-corrected chi connectivity index (χ0v) is 7.27. The Bertz CT molecular complexity index is 195. The summed E-state index contributed by atoms with van der Waals surface area (Å²) in [5.41, 5.74) is 0. The molecule has 0 radical (unpaired) electrons. The third kappa shape index (κ3) is 2.06. The SMILES string of the molecule is CSCCn1cc[n+](C)c1. The lowest BCUT2D eigenvalue weighted by Gasteiger charge is -1.90. The van der Waals surface area contributed by atoms with Crippen molar-refractivity contribution >= 4 is 11.8 Å². The lowest BCUT2D eigenvalue weighted by atomic mass is 10.7. The number of rotatable bonds is 3. The van der Waals surface area contributed by atoms with E-state index in [0.29, 0.717) is 0 Å². The highest BCUT2D eigenvalue weighted by Gasteiger charge is 1.96. The molecule has 3 heteroatoms. The molecule has 0 aliphatic rings. The second-order valence-corrected chi connectivity index (χ2v) is 3.30. The third-order valence-electron chi connectivity index (χ3n) is 1.38. The predicted octanol–water partition coefficient (Wildman–Crippen LogP) is 0.676. The molecule has 0 saturated heterocycles. The van der Waals surface area contributed by atoms with E-state index >= 15 is 0 Å². The normalized spacial score (nSPS) is 10.2. The van der Waals surface area contributed by atoms with Crippen molar-refractivity contribution in [2.24, 2.45) is 7.05 Å². The highest BCUT2D eigenvalue weighted by atomic mass is 32.2. The topological polar surface area (TPSA) is 8.81 Å². The molecular formula is C7H13N2S+. The van der Waals surface area contributed by atoms with Crippen LogP contribution < -0.4 is 4.57 Å². The van der Waals surface area contributed by atoms with Crippen LogP contribution in [0.1, 0.15) is 0 Å². The Hall–Kier alpha value is -0.440. The van der Waals surface area contributed by atoms with Gasteiger partial charge in [0.05, 0.1) is 13.6 Å². The van der Waals surface area contributed by atoms with Gasteiger partial charge in [0.25, 0.3) is 0 Å². The molecule has 0 atom stereocenters. The first kappa shape index (κ1) is 7.66. The summed E-state index contributed by atoms with van der Waals surface area (Å²) in [7, 11) is 2.04. The fourth-order valence-corrected chi connectivity index (χ4v) is 1.22. The van der Waals surface area contributed by atoms with Crippen LogP contribution in [0.4, 0.5) is 0 Å². The Morgan fingerprint density at radius 2 is 2.40 bits per heavy atom. The van der Waals surface area contributed by atoms with E-state index in [4.69, 9.17) is 0 Å². The summed E-state index contributed by atoms with van der Waals surface area (Å²) in [6.07, 6.45) is 8.37. The molecule has 0 N–H and O–H groups in total. The Balaban J connectivity index is 2.42. The van der Waals surface area contributed by atoms with Crippen molar-refractivity contribution in [3.8, 4) is 0 Å². The minimum Gasteiger partial charge on any atom is -0.240 e. The van der Waals surface area contributed by atoms with E-state index < -0.39 is 0 Å². The van der Waals surface area contributed by atoms with Crippen LogP contribution in [0, 0.1) is 0 Å². The maximum Gasteiger partial charge on any atom is 0.243 e. The molecule has 56 valence electrons. The van der Waals surface area contributed by atoms with Gasteiger partial charge in [0.2, 0.25) is 6.33 Å². The van der Waals surface area contributed by atoms with Gasteiger partial charge in [-0.2, -0.15) is 11.8 Å². The Labute approximate surface area is 65.9 Å². The zero-order chi connectivity index (χ0) is 7.40. The monoisotopic (exact) mass is 157 g/mol. The first-order chi connectivity index (χ1) is 4.83. The van der Waals surface area contributed by atoms with E-state index in [2.05, 4.69) is 34.1 Å². The van der Waals surface area contributed by atoms with Crippen molar-refractivity contribution in [3.63, 3.8) is 0 Å². The number of thioether (sulfide) groups is 1. The Kier molecular flexibility index (Phi) is 2.81. The van der Waals surface area contributed by atoms with Crippen molar-refractivity contribution in [3.05, 3.63) is 18.7 Å². The molecule has 0 fully saturated rings. The van der Waals surface area contributed by atoms with Gasteiger partial charge in [-0.15, -0.1) is 0 Å². The van der Waals surface area contributed by atoms with Crippen molar-refractivity contribution in [1.29, 1.82) is 0 Å². The molecule has 1 heterocycles. The largest absolute Gasteiger partial charge is 0.243 e. The molecule has 10 heavy (non-hydrogen) atoms. The maximum atomic E-state index is 2.19. The van der Waals surface area contributed by atoms with E-state index in [0.717, 1.165) is 6.54 Å². The Morgan fingerprint density at radius 1 is 1.60 bits per heavy atom. The van der Waals surface area contributed by atoms with E-state index in [1.165, 1.54) is 5.75 Å². The first-order valence-corrected chi connectivity index (χ1v) is 4.72. The summed E-state index contributed by atoms with van der Waals surface area (Å²) >= 11 is 1.88. The molecular weight excluding hydrogens is 144 g/mol. The first-order valence-electron chi connectivity index (χ1n) is 3.33.